The Labute approximate surface area is 152 Å². The average molecular weight is 363 g/mol. The molecule has 4 aromatic rings. The molecular formula is C19H13N3O3S. The zero-order valence-electron chi connectivity index (χ0n) is 13.7. The van der Waals surface area contributed by atoms with Gasteiger partial charge in [-0.1, -0.05) is 53.8 Å². The van der Waals surface area contributed by atoms with Gasteiger partial charge in [-0.2, -0.15) is 9.50 Å². The molecule has 0 saturated heterocycles. The molecule has 0 aliphatic heterocycles. The Morgan fingerprint density at radius 1 is 1.12 bits per heavy atom. The predicted octanol–water partition coefficient (Wildman–Crippen LogP) is 2.15. The van der Waals surface area contributed by atoms with Crippen molar-refractivity contribution >= 4 is 28.3 Å². The topological polar surface area (TPSA) is 73.6 Å². The Morgan fingerprint density at radius 2 is 1.85 bits per heavy atom. The van der Waals surface area contributed by atoms with E-state index in [9.17, 15) is 9.59 Å². The zero-order valence-corrected chi connectivity index (χ0v) is 14.6. The van der Waals surface area contributed by atoms with Gasteiger partial charge in [0.15, 0.2) is 5.82 Å². The van der Waals surface area contributed by atoms with E-state index in [-0.39, 0.29) is 5.56 Å². The number of nitrogens with zero attached hydrogens (tertiary/aromatic N) is 3. The Morgan fingerprint density at radius 3 is 2.50 bits per heavy atom. The number of benzene rings is 2. The highest BCUT2D eigenvalue weighted by Gasteiger charge is 2.11. The molecule has 0 unspecified atom stereocenters. The minimum absolute atomic E-state index is 0.211. The summed E-state index contributed by atoms with van der Waals surface area (Å²) >= 11 is 1.28. The van der Waals surface area contributed by atoms with Crippen molar-refractivity contribution in [3.05, 3.63) is 80.6 Å². The van der Waals surface area contributed by atoms with Gasteiger partial charge in [0.25, 0.3) is 5.56 Å². The van der Waals surface area contributed by atoms with Gasteiger partial charge >= 0.3 is 5.97 Å². The molecule has 0 aliphatic rings. The van der Waals surface area contributed by atoms with E-state index in [0.717, 1.165) is 11.1 Å². The van der Waals surface area contributed by atoms with Gasteiger partial charge < -0.3 is 4.74 Å². The smallest absolute Gasteiger partial charge is 0.337 e. The molecule has 0 atom stereocenters. The van der Waals surface area contributed by atoms with Crippen molar-refractivity contribution < 1.29 is 9.53 Å². The Hall–Kier alpha value is -3.32. The standard InChI is InChI=1S/C19H13N3O3S/c1-25-18(24)14-9-7-12(8-10-14)11-15-17(23)22-19(26-15)20-16(21-22)13-5-3-2-4-6-13/h2-11H,1H3/b15-11+. The fourth-order valence-electron chi connectivity index (χ4n) is 2.53. The van der Waals surface area contributed by atoms with E-state index in [1.165, 1.54) is 23.0 Å². The van der Waals surface area contributed by atoms with Gasteiger partial charge in [-0.3, -0.25) is 4.79 Å². The van der Waals surface area contributed by atoms with E-state index in [4.69, 9.17) is 0 Å². The Kier molecular flexibility index (Phi) is 4.06. The number of ether oxygens (including phenoxy) is 1. The number of aromatic nitrogens is 3. The molecule has 128 valence electrons. The molecule has 7 heteroatoms. The summed E-state index contributed by atoms with van der Waals surface area (Å²) in [6.07, 6.45) is 1.76. The number of hydrogen-bond donors (Lipinski definition) is 0. The molecule has 2 aromatic heterocycles. The van der Waals surface area contributed by atoms with Crippen molar-refractivity contribution in [1.29, 1.82) is 0 Å². The van der Waals surface area contributed by atoms with Crippen molar-refractivity contribution in [3.8, 4) is 11.4 Å². The minimum atomic E-state index is -0.395. The molecule has 0 bridgehead atoms. The average Bonchev–Trinajstić information content (AvgIpc) is 3.22. The summed E-state index contributed by atoms with van der Waals surface area (Å²) in [6.45, 7) is 0. The zero-order chi connectivity index (χ0) is 18.1. The van der Waals surface area contributed by atoms with Crippen LogP contribution in [-0.4, -0.2) is 27.7 Å². The van der Waals surface area contributed by atoms with Gasteiger partial charge in [-0.25, -0.2) is 4.79 Å². The van der Waals surface area contributed by atoms with Gasteiger partial charge in [-0.05, 0) is 23.8 Å². The van der Waals surface area contributed by atoms with Crippen LogP contribution in [0.3, 0.4) is 0 Å². The molecule has 0 fully saturated rings. The number of fused-ring (bicyclic) bond motifs is 1. The summed E-state index contributed by atoms with van der Waals surface area (Å²) < 4.78 is 6.53. The first-order chi connectivity index (χ1) is 12.7. The molecule has 0 spiro atoms. The number of carbonyl (C=O) groups excluding carboxylic acids is 1. The van der Waals surface area contributed by atoms with Crippen molar-refractivity contribution in [2.75, 3.05) is 7.11 Å². The first kappa shape index (κ1) is 16.2. The van der Waals surface area contributed by atoms with Crippen LogP contribution in [0.1, 0.15) is 15.9 Å². The first-order valence-electron chi connectivity index (χ1n) is 7.81. The van der Waals surface area contributed by atoms with Gasteiger partial charge in [0.2, 0.25) is 4.96 Å². The van der Waals surface area contributed by atoms with Crippen LogP contribution in [0.4, 0.5) is 0 Å². The number of methoxy groups -OCH3 is 1. The summed E-state index contributed by atoms with van der Waals surface area (Å²) in [5.41, 5.74) is 1.92. The molecule has 2 aromatic carbocycles. The lowest BCUT2D eigenvalue weighted by Crippen LogP contribution is -2.23. The second-order valence-corrected chi connectivity index (χ2v) is 6.53. The maximum Gasteiger partial charge on any atom is 0.337 e. The summed E-state index contributed by atoms with van der Waals surface area (Å²) in [5, 5.41) is 4.32. The third-order valence-corrected chi connectivity index (χ3v) is 4.80. The van der Waals surface area contributed by atoms with Crippen LogP contribution in [0.25, 0.3) is 22.4 Å². The number of esters is 1. The molecule has 0 N–H and O–H groups in total. The van der Waals surface area contributed by atoms with E-state index < -0.39 is 5.97 Å². The SMILES string of the molecule is COC(=O)c1ccc(/C=c2/sc3nc(-c4ccccc4)nn3c2=O)cc1. The summed E-state index contributed by atoms with van der Waals surface area (Å²) in [7, 11) is 1.34. The van der Waals surface area contributed by atoms with Gasteiger partial charge in [0, 0.05) is 5.56 Å². The molecule has 0 aliphatic carbocycles. The lowest BCUT2D eigenvalue weighted by molar-refractivity contribution is 0.0600. The predicted molar refractivity (Wildman–Crippen MR) is 99.1 cm³/mol. The van der Waals surface area contributed by atoms with Gasteiger partial charge in [0.05, 0.1) is 17.2 Å². The van der Waals surface area contributed by atoms with Crippen LogP contribution in [0.2, 0.25) is 0 Å². The lowest BCUT2D eigenvalue weighted by atomic mass is 10.1. The number of rotatable bonds is 3. The third-order valence-electron chi connectivity index (χ3n) is 3.84. The van der Waals surface area contributed by atoms with Crippen LogP contribution in [0.5, 0.6) is 0 Å². The summed E-state index contributed by atoms with van der Waals surface area (Å²) in [5.74, 6) is 0.135. The Balaban J connectivity index is 1.72. The molecule has 0 radical (unpaired) electrons. The highest BCUT2D eigenvalue weighted by Crippen LogP contribution is 2.15. The second-order valence-electron chi connectivity index (χ2n) is 5.53. The quantitative estimate of drug-likeness (QED) is 0.522. The van der Waals surface area contributed by atoms with Crippen LogP contribution in [0, 0.1) is 0 Å². The summed E-state index contributed by atoms with van der Waals surface area (Å²) in [6, 6.07) is 16.4. The molecule has 0 saturated carbocycles. The highest BCUT2D eigenvalue weighted by atomic mass is 32.1. The maximum absolute atomic E-state index is 12.6. The van der Waals surface area contributed by atoms with Crippen LogP contribution in [-0.2, 0) is 4.74 Å². The normalized spacial score (nSPS) is 11.8. The van der Waals surface area contributed by atoms with Gasteiger partial charge in [0.1, 0.15) is 0 Å². The molecular weight excluding hydrogens is 350 g/mol. The number of hydrogen-bond acceptors (Lipinski definition) is 6. The number of thiazole rings is 1. The molecule has 0 amide bonds. The Bertz CT molecular complexity index is 1190. The highest BCUT2D eigenvalue weighted by molar-refractivity contribution is 7.15. The minimum Gasteiger partial charge on any atom is -0.465 e. The maximum atomic E-state index is 12.6. The van der Waals surface area contributed by atoms with Crippen molar-refractivity contribution in [2.45, 2.75) is 0 Å². The molecule has 2 heterocycles. The lowest BCUT2D eigenvalue weighted by Gasteiger charge is -1.98. The largest absolute Gasteiger partial charge is 0.465 e. The number of carbonyl (C=O) groups is 1. The van der Waals surface area contributed by atoms with Crippen molar-refractivity contribution in [2.24, 2.45) is 0 Å². The van der Waals surface area contributed by atoms with Gasteiger partial charge in [-0.15, -0.1) is 5.10 Å². The van der Waals surface area contributed by atoms with Crippen LogP contribution < -0.4 is 10.1 Å². The van der Waals surface area contributed by atoms with Crippen LogP contribution in [0.15, 0.2) is 59.4 Å². The van der Waals surface area contributed by atoms with Crippen molar-refractivity contribution in [1.82, 2.24) is 14.6 Å². The molecule has 6 nitrogen and oxygen atoms in total. The van der Waals surface area contributed by atoms with Crippen LogP contribution >= 0.6 is 11.3 Å². The monoisotopic (exact) mass is 363 g/mol. The molecule has 4 rings (SSSR count). The first-order valence-corrected chi connectivity index (χ1v) is 8.62. The van der Waals surface area contributed by atoms with E-state index in [2.05, 4.69) is 14.8 Å². The van der Waals surface area contributed by atoms with E-state index in [1.54, 1.807) is 30.3 Å². The summed E-state index contributed by atoms with van der Waals surface area (Å²) in [4.78, 5) is 29.0. The fraction of sp³-hybridized carbons (Fsp3) is 0.0526. The van der Waals surface area contributed by atoms with Crippen molar-refractivity contribution in [3.63, 3.8) is 0 Å². The molecule has 26 heavy (non-hydrogen) atoms. The third kappa shape index (κ3) is 2.89. The van der Waals surface area contributed by atoms with E-state index in [0.29, 0.717) is 20.9 Å². The van der Waals surface area contributed by atoms with E-state index >= 15 is 0 Å². The fourth-order valence-corrected chi connectivity index (χ4v) is 3.44. The second kappa shape index (κ2) is 6.53. The van der Waals surface area contributed by atoms with E-state index in [1.807, 2.05) is 30.3 Å².